The van der Waals surface area contributed by atoms with Crippen LogP contribution >= 0.6 is 11.6 Å². The van der Waals surface area contributed by atoms with E-state index in [0.717, 1.165) is 25.0 Å². The Morgan fingerprint density at radius 1 is 0.958 bits per heavy atom. The first-order valence-corrected chi connectivity index (χ1v) is 7.87. The molecule has 0 N–H and O–H groups in total. The van der Waals surface area contributed by atoms with Crippen molar-refractivity contribution in [1.82, 2.24) is 0 Å². The summed E-state index contributed by atoms with van der Waals surface area (Å²) in [6.45, 7) is 0.293. The third-order valence-corrected chi connectivity index (χ3v) is 3.30. The number of esters is 2. The van der Waals surface area contributed by atoms with Crippen LogP contribution in [0.25, 0.3) is 0 Å². The summed E-state index contributed by atoms with van der Waals surface area (Å²) < 4.78 is 10.0. The fraction of sp³-hybridized carbons (Fsp3) is 0.158. The Hall–Kier alpha value is -2.59. The molecule has 0 saturated heterocycles. The minimum Gasteiger partial charge on any atom is -0.463 e. The van der Waals surface area contributed by atoms with Crippen molar-refractivity contribution in [2.24, 2.45) is 0 Å². The van der Waals surface area contributed by atoms with Crippen molar-refractivity contribution in [2.45, 2.75) is 12.8 Å². The first kappa shape index (κ1) is 17.8. The lowest BCUT2D eigenvalue weighted by Gasteiger charge is -2.03. The van der Waals surface area contributed by atoms with E-state index in [1.807, 2.05) is 30.3 Å². The van der Waals surface area contributed by atoms with Crippen LogP contribution in [-0.2, 0) is 20.7 Å². The second-order valence-electron chi connectivity index (χ2n) is 4.97. The largest absolute Gasteiger partial charge is 0.463 e. The van der Waals surface area contributed by atoms with Crippen molar-refractivity contribution in [2.75, 3.05) is 6.61 Å². The highest BCUT2D eigenvalue weighted by molar-refractivity contribution is 6.30. The van der Waals surface area contributed by atoms with E-state index in [1.54, 1.807) is 18.2 Å². The third kappa shape index (κ3) is 6.67. The van der Waals surface area contributed by atoms with Crippen LogP contribution in [0.15, 0.2) is 66.7 Å². The van der Waals surface area contributed by atoms with Crippen LogP contribution in [0, 0.1) is 0 Å². The van der Waals surface area contributed by atoms with Crippen molar-refractivity contribution in [3.05, 3.63) is 77.3 Å². The van der Waals surface area contributed by atoms with Gasteiger partial charge in [0.2, 0.25) is 0 Å². The second kappa shape index (κ2) is 9.53. The number of ether oxygens (including phenoxy) is 2. The van der Waals surface area contributed by atoms with Crippen LogP contribution in [0.1, 0.15) is 12.0 Å². The number of aryl methyl sites for hydroxylation is 1. The Balaban J connectivity index is 1.67. The SMILES string of the molecule is O=C(/C=C/C(=O)Oc1cccc(Cl)c1)OCCCc1ccccc1. The maximum absolute atomic E-state index is 11.6. The monoisotopic (exact) mass is 344 g/mol. The molecule has 0 atom stereocenters. The molecule has 4 nitrogen and oxygen atoms in total. The molecule has 2 rings (SSSR count). The van der Waals surface area contributed by atoms with Crippen molar-refractivity contribution in [1.29, 1.82) is 0 Å². The molecule has 0 unspecified atom stereocenters. The number of hydrogen-bond acceptors (Lipinski definition) is 4. The zero-order valence-electron chi connectivity index (χ0n) is 13.0. The minimum absolute atomic E-state index is 0.293. The molecule has 0 radical (unpaired) electrons. The van der Waals surface area contributed by atoms with Crippen LogP contribution in [-0.4, -0.2) is 18.5 Å². The lowest BCUT2D eigenvalue weighted by Crippen LogP contribution is -2.07. The minimum atomic E-state index is -0.668. The van der Waals surface area contributed by atoms with Gasteiger partial charge in [0.25, 0.3) is 0 Å². The summed E-state index contributed by atoms with van der Waals surface area (Å²) in [6.07, 6.45) is 3.63. The summed E-state index contributed by atoms with van der Waals surface area (Å²) >= 11 is 5.79. The molecule has 24 heavy (non-hydrogen) atoms. The number of carbonyl (C=O) groups excluding carboxylic acids is 2. The van der Waals surface area contributed by atoms with E-state index in [0.29, 0.717) is 17.4 Å². The predicted octanol–water partition coefficient (Wildman–Crippen LogP) is 3.98. The Labute approximate surface area is 145 Å². The summed E-state index contributed by atoms with van der Waals surface area (Å²) in [6, 6.07) is 16.4. The standard InChI is InChI=1S/C19H17ClO4/c20-16-9-4-10-17(14-16)24-19(22)12-11-18(21)23-13-5-8-15-6-2-1-3-7-15/h1-4,6-7,9-12,14H,5,8,13H2/b12-11+. The Kier molecular flexibility index (Phi) is 7.05. The Morgan fingerprint density at radius 2 is 1.71 bits per heavy atom. The highest BCUT2D eigenvalue weighted by Gasteiger charge is 2.03. The van der Waals surface area contributed by atoms with Gasteiger partial charge in [-0.2, -0.15) is 0 Å². The molecule has 5 heteroatoms. The molecule has 0 heterocycles. The van der Waals surface area contributed by atoms with Gasteiger partial charge in [0.05, 0.1) is 6.61 Å². The van der Waals surface area contributed by atoms with Crippen LogP contribution in [0.4, 0.5) is 0 Å². The van der Waals surface area contributed by atoms with Gasteiger partial charge in [0.1, 0.15) is 5.75 Å². The van der Waals surface area contributed by atoms with Gasteiger partial charge < -0.3 is 9.47 Å². The number of carbonyl (C=O) groups is 2. The van der Waals surface area contributed by atoms with Gasteiger partial charge >= 0.3 is 11.9 Å². The van der Waals surface area contributed by atoms with Crippen molar-refractivity contribution in [3.8, 4) is 5.75 Å². The van der Waals surface area contributed by atoms with E-state index in [1.165, 1.54) is 11.6 Å². The highest BCUT2D eigenvalue weighted by Crippen LogP contribution is 2.17. The summed E-state index contributed by atoms with van der Waals surface area (Å²) in [7, 11) is 0. The fourth-order valence-corrected chi connectivity index (χ4v) is 2.14. The van der Waals surface area contributed by atoms with Gasteiger partial charge in [-0.15, -0.1) is 0 Å². The molecular weight excluding hydrogens is 328 g/mol. The normalized spacial score (nSPS) is 10.5. The van der Waals surface area contributed by atoms with Crippen LogP contribution in [0.2, 0.25) is 5.02 Å². The first-order valence-electron chi connectivity index (χ1n) is 7.49. The summed E-state index contributed by atoms with van der Waals surface area (Å²) in [5.41, 5.74) is 1.19. The summed E-state index contributed by atoms with van der Waals surface area (Å²) in [5.74, 6) is -0.932. The van der Waals surface area contributed by atoms with E-state index < -0.39 is 11.9 Å². The number of halogens is 1. The van der Waals surface area contributed by atoms with E-state index in [4.69, 9.17) is 21.1 Å². The summed E-state index contributed by atoms with van der Waals surface area (Å²) in [5, 5.41) is 0.460. The zero-order chi connectivity index (χ0) is 17.2. The maximum atomic E-state index is 11.6. The van der Waals surface area contributed by atoms with E-state index in [2.05, 4.69) is 0 Å². The van der Waals surface area contributed by atoms with Gasteiger partial charge in [0, 0.05) is 17.2 Å². The lowest BCUT2D eigenvalue weighted by molar-refractivity contribution is -0.138. The number of rotatable bonds is 7. The zero-order valence-corrected chi connectivity index (χ0v) is 13.7. The van der Waals surface area contributed by atoms with Crippen LogP contribution in [0.5, 0.6) is 5.75 Å². The molecular formula is C19H17ClO4. The van der Waals surface area contributed by atoms with E-state index in [9.17, 15) is 9.59 Å². The Bertz CT molecular complexity index is 710. The topological polar surface area (TPSA) is 52.6 Å². The third-order valence-electron chi connectivity index (χ3n) is 3.07. The maximum Gasteiger partial charge on any atom is 0.336 e. The number of hydrogen-bond donors (Lipinski definition) is 0. The molecule has 124 valence electrons. The lowest BCUT2D eigenvalue weighted by atomic mass is 10.1. The average Bonchev–Trinajstić information content (AvgIpc) is 2.58. The quantitative estimate of drug-likeness (QED) is 0.330. The van der Waals surface area contributed by atoms with E-state index in [-0.39, 0.29) is 0 Å². The van der Waals surface area contributed by atoms with E-state index >= 15 is 0 Å². The van der Waals surface area contributed by atoms with Crippen LogP contribution < -0.4 is 4.74 Å². The van der Waals surface area contributed by atoms with Gasteiger partial charge in [-0.25, -0.2) is 9.59 Å². The molecule has 0 aliphatic carbocycles. The molecule has 0 fully saturated rings. The molecule has 0 aliphatic rings. The average molecular weight is 345 g/mol. The molecule has 2 aromatic carbocycles. The smallest absolute Gasteiger partial charge is 0.336 e. The van der Waals surface area contributed by atoms with Gasteiger partial charge in [-0.3, -0.25) is 0 Å². The Morgan fingerprint density at radius 3 is 2.46 bits per heavy atom. The van der Waals surface area contributed by atoms with Gasteiger partial charge in [-0.1, -0.05) is 48.0 Å². The van der Waals surface area contributed by atoms with Crippen molar-refractivity contribution < 1.29 is 19.1 Å². The molecule has 0 amide bonds. The molecule has 2 aromatic rings. The molecule has 0 aliphatic heterocycles. The predicted molar refractivity (Wildman–Crippen MR) is 91.9 cm³/mol. The van der Waals surface area contributed by atoms with Gasteiger partial charge in [0.15, 0.2) is 0 Å². The molecule has 0 saturated carbocycles. The van der Waals surface area contributed by atoms with Gasteiger partial charge in [-0.05, 0) is 36.6 Å². The van der Waals surface area contributed by atoms with Crippen molar-refractivity contribution >= 4 is 23.5 Å². The van der Waals surface area contributed by atoms with Crippen LogP contribution in [0.3, 0.4) is 0 Å². The summed E-state index contributed by atoms with van der Waals surface area (Å²) in [4.78, 5) is 23.1. The molecule has 0 bridgehead atoms. The highest BCUT2D eigenvalue weighted by atomic mass is 35.5. The molecule has 0 aromatic heterocycles. The first-order chi connectivity index (χ1) is 11.6. The number of benzene rings is 2. The fourth-order valence-electron chi connectivity index (χ4n) is 1.96. The molecule has 0 spiro atoms. The van der Waals surface area contributed by atoms with Crippen molar-refractivity contribution in [3.63, 3.8) is 0 Å². The second-order valence-corrected chi connectivity index (χ2v) is 5.40.